The van der Waals surface area contributed by atoms with E-state index < -0.39 is 10.0 Å². The van der Waals surface area contributed by atoms with Gasteiger partial charge in [0.15, 0.2) is 10.8 Å². The smallest absolute Gasteiger partial charge is 0.259 e. The van der Waals surface area contributed by atoms with Crippen LogP contribution in [0.1, 0.15) is 32.3 Å². The van der Waals surface area contributed by atoms with E-state index in [1.807, 2.05) is 12.1 Å². The Hall–Kier alpha value is -2.00. The number of aryl methyl sites for hydroxylation is 2. The molecule has 1 aliphatic heterocycles. The van der Waals surface area contributed by atoms with E-state index in [9.17, 15) is 8.42 Å². The summed E-state index contributed by atoms with van der Waals surface area (Å²) in [5, 5.41) is 8.66. The molecule has 8 nitrogen and oxygen atoms in total. The molecule has 2 aromatic heterocycles. The van der Waals surface area contributed by atoms with Gasteiger partial charge in [0.1, 0.15) is 5.82 Å². The van der Waals surface area contributed by atoms with Crippen LogP contribution in [0.2, 0.25) is 0 Å². The van der Waals surface area contributed by atoms with Crippen LogP contribution >= 0.6 is 0 Å². The minimum absolute atomic E-state index is 0.0227. The quantitative estimate of drug-likeness (QED) is 0.841. The Morgan fingerprint density at radius 1 is 1.23 bits per heavy atom. The van der Waals surface area contributed by atoms with Gasteiger partial charge in [0.25, 0.3) is 10.0 Å². The van der Waals surface area contributed by atoms with Gasteiger partial charge in [-0.05, 0) is 19.1 Å². The molecule has 3 heterocycles. The van der Waals surface area contributed by atoms with E-state index >= 15 is 0 Å². The lowest BCUT2D eigenvalue weighted by molar-refractivity contribution is 0.401. The second kappa shape index (κ2) is 6.62. The number of rotatable bonds is 5. The molecule has 0 spiro atoms. The topological polar surface area (TPSA) is 93.0 Å². The molecule has 0 amide bonds. The van der Waals surface area contributed by atoms with Gasteiger partial charge >= 0.3 is 0 Å². The molecule has 1 saturated heterocycles. The van der Waals surface area contributed by atoms with Crippen LogP contribution < -0.4 is 9.62 Å². The van der Waals surface area contributed by atoms with E-state index in [-0.39, 0.29) is 16.4 Å². The van der Waals surface area contributed by atoms with Crippen LogP contribution in [-0.2, 0) is 22.5 Å². The van der Waals surface area contributed by atoms with Crippen LogP contribution in [0, 0.1) is 12.8 Å². The van der Waals surface area contributed by atoms with Gasteiger partial charge in [-0.15, -0.1) is 5.10 Å². The van der Waals surface area contributed by atoms with Crippen molar-refractivity contribution in [2.75, 3.05) is 24.5 Å². The van der Waals surface area contributed by atoms with Gasteiger partial charge in [0.2, 0.25) is 0 Å². The number of hydrogen-bond acceptors (Lipinski definition) is 6. The van der Waals surface area contributed by atoms with Crippen LogP contribution in [0.3, 0.4) is 0 Å². The van der Waals surface area contributed by atoms with Gasteiger partial charge in [0, 0.05) is 44.2 Å². The fourth-order valence-electron chi connectivity index (χ4n) is 2.74. The van der Waals surface area contributed by atoms with Gasteiger partial charge in [-0.25, -0.2) is 18.1 Å². The summed E-state index contributed by atoms with van der Waals surface area (Å²) in [7, 11) is -1.79. The number of sulfonamides is 1. The number of nitrogens with one attached hydrogen (secondary N) is 1. The van der Waals surface area contributed by atoms with Crippen molar-refractivity contribution in [3.63, 3.8) is 0 Å². The van der Waals surface area contributed by atoms with Crippen molar-refractivity contribution in [2.45, 2.75) is 38.1 Å². The summed E-state index contributed by atoms with van der Waals surface area (Å²) in [6, 6.07) is 3.98. The van der Waals surface area contributed by atoms with Gasteiger partial charge in [-0.3, -0.25) is 0 Å². The van der Waals surface area contributed by atoms with Gasteiger partial charge in [-0.1, -0.05) is 20.8 Å². The summed E-state index contributed by atoms with van der Waals surface area (Å²) in [5.74, 6) is 1.74. The summed E-state index contributed by atoms with van der Waals surface area (Å²) in [4.78, 5) is 6.18. The first-order valence-electron chi connectivity index (χ1n) is 8.65. The van der Waals surface area contributed by atoms with E-state index in [0.29, 0.717) is 12.4 Å². The van der Waals surface area contributed by atoms with E-state index in [2.05, 4.69) is 45.6 Å². The first kappa shape index (κ1) is 18.8. The lowest BCUT2D eigenvalue weighted by Crippen LogP contribution is -2.51. The fourth-order valence-corrected chi connectivity index (χ4v) is 3.89. The maximum Gasteiger partial charge on any atom is 0.259 e. The van der Waals surface area contributed by atoms with E-state index in [4.69, 9.17) is 0 Å². The Kier molecular flexibility index (Phi) is 4.78. The van der Waals surface area contributed by atoms with Crippen molar-refractivity contribution in [3.05, 3.63) is 29.8 Å². The predicted octanol–water partition coefficient (Wildman–Crippen LogP) is 1.23. The number of nitrogens with zero attached hydrogens (tertiary/aromatic N) is 5. The zero-order chi connectivity index (χ0) is 19.1. The van der Waals surface area contributed by atoms with Crippen LogP contribution in [0.5, 0.6) is 0 Å². The number of hydrogen-bond donors (Lipinski definition) is 1. The van der Waals surface area contributed by atoms with Crippen molar-refractivity contribution in [1.82, 2.24) is 24.5 Å². The van der Waals surface area contributed by atoms with Crippen molar-refractivity contribution in [1.29, 1.82) is 0 Å². The van der Waals surface area contributed by atoms with E-state index in [1.54, 1.807) is 18.5 Å². The fraction of sp³-hybridized carbons (Fsp3) is 0.588. The van der Waals surface area contributed by atoms with E-state index in [1.165, 1.54) is 6.20 Å². The molecule has 0 aromatic carbocycles. The van der Waals surface area contributed by atoms with Crippen LogP contribution in [0.25, 0.3) is 0 Å². The van der Waals surface area contributed by atoms with Crippen LogP contribution in [0.15, 0.2) is 23.4 Å². The number of aromatic nitrogens is 4. The molecule has 26 heavy (non-hydrogen) atoms. The minimum atomic E-state index is -3.57. The second-order valence-corrected chi connectivity index (χ2v) is 9.60. The SMILES string of the molecule is Cc1nc(S(=O)(=O)NCC2CN(c3ccc(C(C)(C)C)nn3)C2)cn1C. The number of imidazole rings is 1. The average molecular weight is 379 g/mol. The lowest BCUT2D eigenvalue weighted by Gasteiger charge is -2.40. The summed E-state index contributed by atoms with van der Waals surface area (Å²) in [6.07, 6.45) is 1.52. The van der Waals surface area contributed by atoms with Crippen molar-refractivity contribution < 1.29 is 8.42 Å². The normalized spacial score (nSPS) is 16.0. The molecule has 0 radical (unpaired) electrons. The highest BCUT2D eigenvalue weighted by Gasteiger charge is 2.30. The Morgan fingerprint density at radius 2 is 1.92 bits per heavy atom. The van der Waals surface area contributed by atoms with E-state index in [0.717, 1.165) is 24.6 Å². The minimum Gasteiger partial charge on any atom is -0.354 e. The highest BCUT2D eigenvalue weighted by atomic mass is 32.2. The largest absolute Gasteiger partial charge is 0.354 e. The third-order valence-electron chi connectivity index (χ3n) is 4.62. The Bertz CT molecular complexity index is 857. The van der Waals surface area contributed by atoms with Gasteiger partial charge in [-0.2, -0.15) is 5.10 Å². The first-order valence-corrected chi connectivity index (χ1v) is 10.1. The molecule has 3 rings (SSSR count). The molecule has 1 fully saturated rings. The third kappa shape index (κ3) is 3.88. The molecule has 1 N–H and O–H groups in total. The molecule has 0 unspecified atom stereocenters. The molecule has 0 saturated carbocycles. The molecule has 9 heteroatoms. The predicted molar refractivity (Wildman–Crippen MR) is 99.6 cm³/mol. The Balaban J connectivity index is 1.53. The zero-order valence-corrected chi connectivity index (χ0v) is 16.7. The highest BCUT2D eigenvalue weighted by molar-refractivity contribution is 7.89. The number of anilines is 1. The molecule has 0 aliphatic carbocycles. The summed E-state index contributed by atoms with van der Waals surface area (Å²) < 4.78 is 29.0. The monoisotopic (exact) mass is 378 g/mol. The van der Waals surface area contributed by atoms with Crippen LogP contribution in [0.4, 0.5) is 5.82 Å². The summed E-state index contributed by atoms with van der Waals surface area (Å²) >= 11 is 0. The lowest BCUT2D eigenvalue weighted by atomic mass is 9.92. The summed E-state index contributed by atoms with van der Waals surface area (Å²) in [6.45, 7) is 9.99. The molecule has 1 aliphatic rings. The standard InChI is InChI=1S/C17H26N6O2S/c1-12-19-16(11-22(12)5)26(24,25)18-8-13-9-23(10-13)15-7-6-14(20-21-15)17(2,3)4/h6-7,11,13,18H,8-10H2,1-5H3. The third-order valence-corrected chi connectivity index (χ3v) is 5.92. The van der Waals surface area contributed by atoms with Crippen molar-refractivity contribution in [3.8, 4) is 0 Å². The summed E-state index contributed by atoms with van der Waals surface area (Å²) in [5.41, 5.74) is 0.933. The Labute approximate surface area is 154 Å². The molecule has 0 bridgehead atoms. The maximum absolute atomic E-state index is 12.3. The van der Waals surface area contributed by atoms with Crippen LogP contribution in [-0.4, -0.2) is 47.8 Å². The molecular formula is C17H26N6O2S. The van der Waals surface area contributed by atoms with Crippen molar-refractivity contribution >= 4 is 15.8 Å². The molecular weight excluding hydrogens is 352 g/mol. The van der Waals surface area contributed by atoms with Crippen molar-refractivity contribution in [2.24, 2.45) is 13.0 Å². The second-order valence-electron chi connectivity index (χ2n) is 7.89. The maximum atomic E-state index is 12.3. The molecule has 0 atom stereocenters. The highest BCUT2D eigenvalue weighted by Crippen LogP contribution is 2.25. The first-order chi connectivity index (χ1) is 12.1. The average Bonchev–Trinajstić information content (AvgIpc) is 2.85. The molecule has 2 aromatic rings. The van der Waals surface area contributed by atoms with Gasteiger partial charge in [0.05, 0.1) is 5.69 Å². The zero-order valence-electron chi connectivity index (χ0n) is 15.9. The Morgan fingerprint density at radius 3 is 2.42 bits per heavy atom. The van der Waals surface area contributed by atoms with Gasteiger partial charge < -0.3 is 9.47 Å². The molecule has 142 valence electrons.